The van der Waals surface area contributed by atoms with Gasteiger partial charge in [-0.2, -0.15) is 0 Å². The van der Waals surface area contributed by atoms with Crippen LogP contribution in [0.15, 0.2) is 30.3 Å². The number of amides is 2. The van der Waals surface area contributed by atoms with Crippen LogP contribution in [0, 0.1) is 0 Å². The molecule has 1 aliphatic heterocycles. The van der Waals surface area contributed by atoms with Crippen LogP contribution >= 0.6 is 23.2 Å². The number of halogens is 2. The Morgan fingerprint density at radius 2 is 1.67 bits per heavy atom. The first kappa shape index (κ1) is 22.1. The lowest BCUT2D eigenvalue weighted by molar-refractivity contribution is -0.118. The third kappa shape index (κ3) is 5.09. The molecule has 1 N–H and O–H groups in total. The number of rotatable bonds is 7. The van der Waals surface area contributed by atoms with E-state index in [0.29, 0.717) is 51.6 Å². The molecule has 1 fully saturated rings. The molecule has 7 nitrogen and oxygen atoms in total. The lowest BCUT2D eigenvalue weighted by atomic mass is 10.1. The Kier molecular flexibility index (Phi) is 7.29. The summed E-state index contributed by atoms with van der Waals surface area (Å²) >= 11 is 12.0. The maximum absolute atomic E-state index is 13.0. The molecule has 1 heterocycles. The van der Waals surface area contributed by atoms with E-state index < -0.39 is 5.91 Å². The van der Waals surface area contributed by atoms with E-state index in [9.17, 15) is 9.59 Å². The molecule has 160 valence electrons. The zero-order chi connectivity index (χ0) is 21.7. The fourth-order valence-electron chi connectivity index (χ4n) is 3.17. The molecule has 2 amide bonds. The Hall–Kier alpha value is -2.64. The molecule has 0 spiro atoms. The molecule has 0 atom stereocenters. The number of hydrogen-bond donors (Lipinski definition) is 1. The summed E-state index contributed by atoms with van der Waals surface area (Å²) in [5.41, 5.74) is 0.638. The summed E-state index contributed by atoms with van der Waals surface area (Å²) in [6, 6.07) is 7.86. The van der Waals surface area contributed by atoms with Crippen molar-refractivity contribution in [3.8, 4) is 17.2 Å². The van der Waals surface area contributed by atoms with Gasteiger partial charge in [-0.25, -0.2) is 0 Å². The second kappa shape index (κ2) is 9.91. The Morgan fingerprint density at radius 1 is 1.00 bits per heavy atom. The molecule has 0 aliphatic carbocycles. The number of ether oxygens (including phenoxy) is 3. The van der Waals surface area contributed by atoms with Gasteiger partial charge in [-0.1, -0.05) is 23.2 Å². The number of nitrogens with one attached hydrogen (secondary N) is 1. The van der Waals surface area contributed by atoms with Crippen molar-refractivity contribution in [3.63, 3.8) is 0 Å². The monoisotopic (exact) mass is 452 g/mol. The quantitative estimate of drug-likeness (QED) is 0.678. The van der Waals surface area contributed by atoms with E-state index in [2.05, 4.69) is 5.32 Å². The van der Waals surface area contributed by atoms with Gasteiger partial charge >= 0.3 is 0 Å². The van der Waals surface area contributed by atoms with E-state index in [4.69, 9.17) is 37.4 Å². The number of anilines is 1. The number of methoxy groups -OCH3 is 2. The van der Waals surface area contributed by atoms with Gasteiger partial charge in [0.05, 0.1) is 30.5 Å². The maximum Gasteiger partial charge on any atom is 0.262 e. The van der Waals surface area contributed by atoms with Crippen LogP contribution in [0.3, 0.4) is 0 Å². The summed E-state index contributed by atoms with van der Waals surface area (Å²) in [5.74, 6) is 0.445. The predicted molar refractivity (Wildman–Crippen MR) is 115 cm³/mol. The van der Waals surface area contributed by atoms with Crippen molar-refractivity contribution >= 4 is 40.7 Å². The molecule has 9 heteroatoms. The molecule has 0 radical (unpaired) electrons. The lowest BCUT2D eigenvalue weighted by Crippen LogP contribution is -2.29. The van der Waals surface area contributed by atoms with Crippen LogP contribution in [0.4, 0.5) is 5.69 Å². The van der Waals surface area contributed by atoms with Gasteiger partial charge in [-0.3, -0.25) is 9.59 Å². The topological polar surface area (TPSA) is 77.1 Å². The Balaban J connectivity index is 1.81. The molecule has 3 rings (SSSR count). The molecule has 30 heavy (non-hydrogen) atoms. The summed E-state index contributed by atoms with van der Waals surface area (Å²) in [5, 5.41) is 3.50. The smallest absolute Gasteiger partial charge is 0.262 e. The summed E-state index contributed by atoms with van der Waals surface area (Å²) < 4.78 is 16.1. The number of nitrogens with zero attached hydrogens (tertiary/aromatic N) is 1. The fraction of sp³-hybridized carbons (Fsp3) is 0.333. The molecule has 2 aromatic carbocycles. The summed E-state index contributed by atoms with van der Waals surface area (Å²) in [7, 11) is 2.97. The van der Waals surface area contributed by atoms with Crippen molar-refractivity contribution in [2.24, 2.45) is 0 Å². The first-order valence-electron chi connectivity index (χ1n) is 9.36. The van der Waals surface area contributed by atoms with Crippen molar-refractivity contribution < 1.29 is 23.8 Å². The van der Waals surface area contributed by atoms with Crippen LogP contribution in [0.1, 0.15) is 23.2 Å². The highest BCUT2D eigenvalue weighted by Gasteiger charge is 2.25. The van der Waals surface area contributed by atoms with Crippen molar-refractivity contribution in [1.29, 1.82) is 0 Å². The molecule has 1 aliphatic rings. The van der Waals surface area contributed by atoms with Crippen molar-refractivity contribution in [3.05, 3.63) is 45.9 Å². The minimum atomic E-state index is -0.464. The number of carbonyl (C=O) groups is 2. The predicted octanol–water partition coefficient (Wildman–Crippen LogP) is 4.26. The van der Waals surface area contributed by atoms with E-state index >= 15 is 0 Å². The third-order valence-corrected chi connectivity index (χ3v) is 5.22. The zero-order valence-electron chi connectivity index (χ0n) is 16.7. The molecule has 1 saturated heterocycles. The van der Waals surface area contributed by atoms with Crippen LogP contribution in [0.25, 0.3) is 0 Å². The zero-order valence-corrected chi connectivity index (χ0v) is 18.2. The first-order chi connectivity index (χ1) is 14.4. The lowest BCUT2D eigenvalue weighted by Gasteiger charge is -2.20. The highest BCUT2D eigenvalue weighted by molar-refractivity contribution is 6.34. The molecular formula is C21H22Cl2N2O5. The Morgan fingerprint density at radius 3 is 2.33 bits per heavy atom. The standard InChI is InChI=1S/C21H22Cl2N2O5/c1-28-18-10-14(21(27)25-7-3-4-8-25)16(11-19(18)29-2)24-20(26)12-30-17-9-13(22)5-6-15(17)23/h5-6,9-11H,3-4,7-8,12H2,1-2H3,(H,24,26). The van der Waals surface area contributed by atoms with Crippen LogP contribution < -0.4 is 19.5 Å². The van der Waals surface area contributed by atoms with Gasteiger partial charge in [0.15, 0.2) is 18.1 Å². The second-order valence-corrected chi connectivity index (χ2v) is 7.51. The number of hydrogen-bond acceptors (Lipinski definition) is 5. The van der Waals surface area contributed by atoms with Gasteiger partial charge in [0.25, 0.3) is 11.8 Å². The van der Waals surface area contributed by atoms with Gasteiger partial charge in [-0.05, 0) is 31.0 Å². The normalized spacial score (nSPS) is 13.1. The van der Waals surface area contributed by atoms with Crippen LogP contribution in [-0.4, -0.2) is 50.6 Å². The van der Waals surface area contributed by atoms with Crippen LogP contribution in [0.2, 0.25) is 10.0 Å². The van der Waals surface area contributed by atoms with Gasteiger partial charge < -0.3 is 24.4 Å². The van der Waals surface area contributed by atoms with Crippen LogP contribution in [0.5, 0.6) is 17.2 Å². The maximum atomic E-state index is 13.0. The number of benzene rings is 2. The fourth-order valence-corrected chi connectivity index (χ4v) is 3.50. The average Bonchev–Trinajstić information content (AvgIpc) is 3.28. The van der Waals surface area contributed by atoms with Crippen molar-refractivity contribution in [2.75, 3.05) is 39.2 Å². The summed E-state index contributed by atoms with van der Waals surface area (Å²) in [4.78, 5) is 27.3. The molecule has 0 unspecified atom stereocenters. The molecule has 0 bridgehead atoms. The highest BCUT2D eigenvalue weighted by atomic mass is 35.5. The SMILES string of the molecule is COc1cc(NC(=O)COc2cc(Cl)ccc2Cl)c(C(=O)N2CCCC2)cc1OC. The van der Waals surface area contributed by atoms with E-state index in [1.54, 1.807) is 29.2 Å². The van der Waals surface area contributed by atoms with Gasteiger partial charge in [0.1, 0.15) is 5.75 Å². The van der Waals surface area contributed by atoms with Gasteiger partial charge in [-0.15, -0.1) is 0 Å². The molecule has 2 aromatic rings. The number of likely N-dealkylation sites (tertiary alicyclic amines) is 1. The van der Waals surface area contributed by atoms with Crippen molar-refractivity contribution in [1.82, 2.24) is 4.90 Å². The van der Waals surface area contributed by atoms with E-state index in [-0.39, 0.29) is 12.5 Å². The summed E-state index contributed by atoms with van der Waals surface area (Å²) in [6.45, 7) is 1.04. The van der Waals surface area contributed by atoms with Gasteiger partial charge in [0, 0.05) is 30.2 Å². The highest BCUT2D eigenvalue weighted by Crippen LogP contribution is 2.34. The van der Waals surface area contributed by atoms with Crippen molar-refractivity contribution in [2.45, 2.75) is 12.8 Å². The van der Waals surface area contributed by atoms with Gasteiger partial charge in [0.2, 0.25) is 0 Å². The third-order valence-electron chi connectivity index (χ3n) is 4.67. The molecule has 0 aromatic heterocycles. The van der Waals surface area contributed by atoms with E-state index in [1.165, 1.54) is 20.3 Å². The number of carbonyl (C=O) groups excluding carboxylic acids is 2. The molecule has 0 saturated carbocycles. The van der Waals surface area contributed by atoms with Crippen LogP contribution in [-0.2, 0) is 4.79 Å². The average molecular weight is 453 g/mol. The van der Waals surface area contributed by atoms with E-state index in [1.807, 2.05) is 0 Å². The largest absolute Gasteiger partial charge is 0.493 e. The van der Waals surface area contributed by atoms with E-state index in [0.717, 1.165) is 12.8 Å². The Labute approximate surface area is 184 Å². The minimum Gasteiger partial charge on any atom is -0.493 e. The first-order valence-corrected chi connectivity index (χ1v) is 10.1. The molecular weight excluding hydrogens is 431 g/mol. The second-order valence-electron chi connectivity index (χ2n) is 6.66. The minimum absolute atomic E-state index is 0.178. The summed E-state index contributed by atoms with van der Waals surface area (Å²) in [6.07, 6.45) is 1.91. The Bertz CT molecular complexity index is 945.